The number of rotatable bonds is 4. The smallest absolute Gasteiger partial charge is 0.317 e. The first-order chi connectivity index (χ1) is 12.8. The van der Waals surface area contributed by atoms with Gasteiger partial charge in [0.2, 0.25) is 20.0 Å². The minimum Gasteiger partial charge on any atom is -0.318 e. The van der Waals surface area contributed by atoms with E-state index in [4.69, 9.17) is 0 Å². The Hall–Kier alpha value is -2.47. The normalized spacial score (nSPS) is 23.6. The monoisotopic (exact) mass is 408 g/mol. The van der Waals surface area contributed by atoms with Crippen LogP contribution in [0.5, 0.6) is 0 Å². The summed E-state index contributed by atoms with van der Waals surface area (Å²) in [6.45, 7) is -0.420. The fourth-order valence-corrected chi connectivity index (χ4v) is 6.25. The molecule has 0 bridgehead atoms. The van der Waals surface area contributed by atoms with Gasteiger partial charge in [-0.3, -0.25) is 0 Å². The van der Waals surface area contributed by atoms with Crippen molar-refractivity contribution < 1.29 is 21.6 Å². The van der Waals surface area contributed by atoms with Crippen molar-refractivity contribution in [2.24, 2.45) is 0 Å². The Kier molecular flexibility index (Phi) is 4.18. The molecule has 4 rings (SSSR count). The summed E-state index contributed by atoms with van der Waals surface area (Å²) in [5.41, 5.74) is 0. The van der Waals surface area contributed by atoms with E-state index < -0.39 is 45.1 Å². The SMILES string of the molecule is O=C1NC2C(N1)N(S(=O)(=O)c1ccccc1)CN2S(=O)(=O)c1ccccc1. The number of hydrogen-bond donors (Lipinski definition) is 2. The lowest BCUT2D eigenvalue weighted by atomic mass is 10.4. The zero-order valence-electron chi connectivity index (χ0n) is 13.9. The molecule has 2 aliphatic heterocycles. The van der Waals surface area contributed by atoms with Crippen molar-refractivity contribution in [3.8, 4) is 0 Å². The Morgan fingerprint density at radius 1 is 0.704 bits per heavy atom. The van der Waals surface area contributed by atoms with Gasteiger partial charge in [0.15, 0.2) is 0 Å². The highest BCUT2D eigenvalue weighted by atomic mass is 32.2. The van der Waals surface area contributed by atoms with Crippen molar-refractivity contribution in [2.75, 3.05) is 6.67 Å². The lowest BCUT2D eigenvalue weighted by molar-refractivity contribution is 0.239. The fraction of sp³-hybridized carbons (Fsp3) is 0.188. The Balaban J connectivity index is 1.76. The number of fused-ring (bicyclic) bond motifs is 1. The van der Waals surface area contributed by atoms with Crippen molar-refractivity contribution in [1.29, 1.82) is 0 Å². The van der Waals surface area contributed by atoms with Crippen LogP contribution in [0.1, 0.15) is 0 Å². The number of amides is 2. The molecule has 27 heavy (non-hydrogen) atoms. The molecule has 2 fully saturated rings. The maximum absolute atomic E-state index is 13.0. The Morgan fingerprint density at radius 2 is 1.07 bits per heavy atom. The minimum atomic E-state index is -4.02. The number of sulfonamides is 2. The number of hydrogen-bond acceptors (Lipinski definition) is 5. The van der Waals surface area contributed by atoms with E-state index >= 15 is 0 Å². The molecule has 2 amide bonds. The van der Waals surface area contributed by atoms with Crippen LogP contribution < -0.4 is 10.6 Å². The minimum absolute atomic E-state index is 0.0175. The highest BCUT2D eigenvalue weighted by molar-refractivity contribution is 7.90. The van der Waals surface area contributed by atoms with E-state index in [1.54, 1.807) is 36.4 Å². The summed E-state index contributed by atoms with van der Waals surface area (Å²) in [6.07, 6.45) is -2.08. The van der Waals surface area contributed by atoms with Gasteiger partial charge < -0.3 is 10.6 Å². The maximum atomic E-state index is 13.0. The molecule has 2 N–H and O–H groups in total. The second-order valence-electron chi connectivity index (χ2n) is 6.06. The van der Waals surface area contributed by atoms with Gasteiger partial charge in [0.05, 0.1) is 16.5 Å². The molecule has 2 aromatic rings. The van der Waals surface area contributed by atoms with Gasteiger partial charge in [0.25, 0.3) is 0 Å². The topological polar surface area (TPSA) is 116 Å². The fourth-order valence-electron chi connectivity index (χ4n) is 3.15. The third-order valence-corrected chi connectivity index (χ3v) is 8.11. The van der Waals surface area contributed by atoms with E-state index in [1.807, 2.05) is 0 Å². The van der Waals surface area contributed by atoms with Crippen molar-refractivity contribution >= 4 is 26.1 Å². The van der Waals surface area contributed by atoms with Gasteiger partial charge in [-0.05, 0) is 24.3 Å². The third-order valence-electron chi connectivity index (χ3n) is 4.46. The number of benzene rings is 2. The van der Waals surface area contributed by atoms with Crippen molar-refractivity contribution in [3.63, 3.8) is 0 Å². The first-order valence-corrected chi connectivity index (χ1v) is 10.9. The Bertz CT molecular complexity index is 989. The van der Waals surface area contributed by atoms with Crippen molar-refractivity contribution in [2.45, 2.75) is 22.1 Å². The van der Waals surface area contributed by atoms with E-state index in [0.29, 0.717) is 0 Å². The van der Waals surface area contributed by atoms with Crippen LogP contribution in [-0.4, -0.2) is 50.5 Å². The van der Waals surface area contributed by atoms with Crippen LogP contribution in [0.3, 0.4) is 0 Å². The first kappa shape index (κ1) is 17.9. The summed E-state index contributed by atoms with van der Waals surface area (Å²) in [5, 5.41) is 4.97. The van der Waals surface area contributed by atoms with E-state index in [-0.39, 0.29) is 9.79 Å². The molecule has 2 atom stereocenters. The molecule has 0 spiro atoms. The number of carbonyl (C=O) groups is 1. The van der Waals surface area contributed by atoms with E-state index in [2.05, 4.69) is 10.6 Å². The summed E-state index contributed by atoms with van der Waals surface area (Å²) in [4.78, 5) is 11.8. The average molecular weight is 408 g/mol. The van der Waals surface area contributed by atoms with Crippen LogP contribution in [0.25, 0.3) is 0 Å². The van der Waals surface area contributed by atoms with Crippen LogP contribution >= 0.6 is 0 Å². The molecule has 2 aliphatic rings. The highest BCUT2D eigenvalue weighted by Gasteiger charge is 2.55. The number of urea groups is 1. The van der Waals surface area contributed by atoms with Gasteiger partial charge >= 0.3 is 6.03 Å². The standard InChI is InChI=1S/C16H16N4O5S2/c21-16-17-14-15(18-16)20(27(24,25)13-9-5-2-6-10-13)11-19(14)26(22,23)12-7-3-1-4-8-12/h1-10,14-15H,11H2,(H2,17,18,21). The van der Waals surface area contributed by atoms with Crippen LogP contribution in [0, 0.1) is 0 Å². The molecule has 11 heteroatoms. The molecule has 2 unspecified atom stereocenters. The van der Waals surface area contributed by atoms with Gasteiger partial charge in [-0.25, -0.2) is 21.6 Å². The maximum Gasteiger partial charge on any atom is 0.317 e. The third kappa shape index (κ3) is 2.88. The molecule has 2 heterocycles. The lowest BCUT2D eigenvalue weighted by Gasteiger charge is -2.21. The Morgan fingerprint density at radius 3 is 1.44 bits per heavy atom. The molecule has 2 saturated heterocycles. The van der Waals surface area contributed by atoms with Gasteiger partial charge in [-0.15, -0.1) is 0 Å². The predicted molar refractivity (Wildman–Crippen MR) is 95.0 cm³/mol. The second kappa shape index (κ2) is 6.30. The molecule has 9 nitrogen and oxygen atoms in total. The largest absolute Gasteiger partial charge is 0.318 e. The van der Waals surface area contributed by atoms with Crippen LogP contribution in [0.4, 0.5) is 4.79 Å². The zero-order chi connectivity index (χ0) is 19.2. The van der Waals surface area contributed by atoms with Crippen molar-refractivity contribution in [1.82, 2.24) is 19.2 Å². The van der Waals surface area contributed by atoms with Crippen LogP contribution in [0.2, 0.25) is 0 Å². The zero-order valence-corrected chi connectivity index (χ0v) is 15.5. The second-order valence-corrected chi connectivity index (χ2v) is 9.84. The molecular weight excluding hydrogens is 392 g/mol. The molecule has 0 saturated carbocycles. The van der Waals surface area contributed by atoms with Gasteiger partial charge in [0, 0.05) is 0 Å². The van der Waals surface area contributed by atoms with Gasteiger partial charge in [0.1, 0.15) is 12.3 Å². The quantitative estimate of drug-likeness (QED) is 0.755. The predicted octanol–water partition coefficient (Wildman–Crippen LogP) is 0.304. The molecule has 0 aliphatic carbocycles. The summed E-state index contributed by atoms with van der Waals surface area (Å²) in [6, 6.07) is 14.7. The summed E-state index contributed by atoms with van der Waals surface area (Å²) in [7, 11) is -8.04. The molecule has 2 aromatic carbocycles. The highest BCUT2D eigenvalue weighted by Crippen LogP contribution is 2.31. The van der Waals surface area contributed by atoms with E-state index in [9.17, 15) is 21.6 Å². The summed E-state index contributed by atoms with van der Waals surface area (Å²) >= 11 is 0. The van der Waals surface area contributed by atoms with E-state index in [0.717, 1.165) is 8.61 Å². The molecule has 0 aromatic heterocycles. The number of nitrogens with one attached hydrogen (secondary N) is 2. The first-order valence-electron chi connectivity index (χ1n) is 8.03. The average Bonchev–Trinajstić information content (AvgIpc) is 3.20. The van der Waals surface area contributed by atoms with E-state index in [1.165, 1.54) is 24.3 Å². The number of carbonyl (C=O) groups excluding carboxylic acids is 1. The van der Waals surface area contributed by atoms with Crippen LogP contribution in [0.15, 0.2) is 70.5 Å². The summed E-state index contributed by atoms with van der Waals surface area (Å²) < 4.78 is 54.0. The van der Waals surface area contributed by atoms with Crippen LogP contribution in [-0.2, 0) is 20.0 Å². The van der Waals surface area contributed by atoms with Gasteiger partial charge in [-0.2, -0.15) is 8.61 Å². The lowest BCUT2D eigenvalue weighted by Crippen LogP contribution is -2.46. The molecular formula is C16H16N4O5S2. The molecule has 142 valence electrons. The van der Waals surface area contributed by atoms with Gasteiger partial charge in [-0.1, -0.05) is 36.4 Å². The Labute approximate surface area is 156 Å². The summed E-state index contributed by atoms with van der Waals surface area (Å²) in [5.74, 6) is 0. The molecule has 0 radical (unpaired) electrons. The van der Waals surface area contributed by atoms with Crippen molar-refractivity contribution in [3.05, 3.63) is 60.7 Å². The number of nitrogens with zero attached hydrogens (tertiary/aromatic N) is 2.